The van der Waals surface area contributed by atoms with Crippen LogP contribution in [0.25, 0.3) is 0 Å². The molecule has 0 saturated carbocycles. The van der Waals surface area contributed by atoms with Crippen molar-refractivity contribution in [3.63, 3.8) is 0 Å². The molecular formula is C33H62O6. The molecule has 0 fully saturated rings. The molecule has 0 aliphatic carbocycles. The first-order valence-corrected chi connectivity index (χ1v) is 16.3. The number of hydrogen-bond acceptors (Lipinski definition) is 6. The van der Waals surface area contributed by atoms with E-state index in [0.29, 0.717) is 56.8 Å². The van der Waals surface area contributed by atoms with Crippen LogP contribution in [0.3, 0.4) is 0 Å². The maximum atomic E-state index is 13.0. The van der Waals surface area contributed by atoms with Gasteiger partial charge < -0.3 is 14.2 Å². The number of rotatable bonds is 26. The van der Waals surface area contributed by atoms with Crippen molar-refractivity contribution in [3.05, 3.63) is 0 Å². The fraction of sp³-hybridized carbons (Fsp3) is 0.909. The lowest BCUT2D eigenvalue weighted by Crippen LogP contribution is -2.23. The van der Waals surface area contributed by atoms with E-state index in [4.69, 9.17) is 14.2 Å². The first kappa shape index (κ1) is 37.4. The Labute approximate surface area is 240 Å². The van der Waals surface area contributed by atoms with E-state index in [-0.39, 0.29) is 30.7 Å². The Morgan fingerprint density at radius 2 is 0.897 bits per heavy atom. The Balaban J connectivity index is 4.84. The summed E-state index contributed by atoms with van der Waals surface area (Å²) < 4.78 is 16.8. The lowest BCUT2D eigenvalue weighted by molar-refractivity contribution is -0.152. The zero-order valence-electron chi connectivity index (χ0n) is 26.4. The second kappa shape index (κ2) is 25.4. The van der Waals surface area contributed by atoms with Gasteiger partial charge in [0.1, 0.15) is 0 Å². The predicted molar refractivity (Wildman–Crippen MR) is 159 cm³/mol. The molecule has 0 aromatic carbocycles. The van der Waals surface area contributed by atoms with E-state index in [9.17, 15) is 14.4 Å². The van der Waals surface area contributed by atoms with E-state index < -0.39 is 5.92 Å². The highest BCUT2D eigenvalue weighted by atomic mass is 16.5. The monoisotopic (exact) mass is 554 g/mol. The van der Waals surface area contributed by atoms with Crippen LogP contribution in [0.2, 0.25) is 0 Å². The third kappa shape index (κ3) is 20.0. The summed E-state index contributed by atoms with van der Waals surface area (Å²) in [5, 5.41) is 0. The summed E-state index contributed by atoms with van der Waals surface area (Å²) in [5.41, 5.74) is 0. The molecule has 0 heterocycles. The summed E-state index contributed by atoms with van der Waals surface area (Å²) in [6.07, 6.45) is 14.9. The fourth-order valence-electron chi connectivity index (χ4n) is 4.74. The normalized spacial score (nSPS) is 14.3. The molecule has 0 aromatic rings. The average molecular weight is 555 g/mol. The molecule has 6 heteroatoms. The Kier molecular flexibility index (Phi) is 24.3. The summed E-state index contributed by atoms with van der Waals surface area (Å²) >= 11 is 0. The van der Waals surface area contributed by atoms with Gasteiger partial charge in [0.25, 0.3) is 0 Å². The van der Waals surface area contributed by atoms with Gasteiger partial charge in [0.05, 0.1) is 25.7 Å². The van der Waals surface area contributed by atoms with Crippen molar-refractivity contribution in [2.24, 2.45) is 23.7 Å². The minimum atomic E-state index is -0.413. The number of hydrogen-bond donors (Lipinski definition) is 0. The molecule has 0 saturated heterocycles. The number of ether oxygens (including phenoxy) is 3. The van der Waals surface area contributed by atoms with Gasteiger partial charge in [0.15, 0.2) is 0 Å². The van der Waals surface area contributed by atoms with Crippen LogP contribution in [0, 0.1) is 23.7 Å². The summed E-state index contributed by atoms with van der Waals surface area (Å²) in [7, 11) is 0. The molecule has 0 aliphatic rings. The van der Waals surface area contributed by atoms with Gasteiger partial charge in [-0.2, -0.15) is 0 Å². The van der Waals surface area contributed by atoms with E-state index in [1.807, 2.05) is 0 Å². The van der Waals surface area contributed by atoms with Gasteiger partial charge >= 0.3 is 17.9 Å². The van der Waals surface area contributed by atoms with Crippen molar-refractivity contribution in [2.45, 2.75) is 151 Å². The smallest absolute Gasteiger partial charge is 0.308 e. The quantitative estimate of drug-likeness (QED) is 0.0785. The van der Waals surface area contributed by atoms with Crippen LogP contribution in [0.1, 0.15) is 151 Å². The second-order valence-electron chi connectivity index (χ2n) is 11.4. The van der Waals surface area contributed by atoms with Crippen LogP contribution in [-0.4, -0.2) is 37.7 Å². The van der Waals surface area contributed by atoms with Crippen molar-refractivity contribution in [3.8, 4) is 0 Å². The molecule has 6 nitrogen and oxygen atoms in total. The summed E-state index contributed by atoms with van der Waals surface area (Å²) in [4.78, 5) is 37.8. The molecule has 4 atom stereocenters. The number of carbonyl (C=O) groups is 3. The Bertz CT molecular complexity index is 619. The maximum Gasteiger partial charge on any atom is 0.308 e. The SMILES string of the molecule is CCCCC(CC)COC(=O)CCCC(CCC(=O)OCC(CC)CCCC)C(=O)OCC(CC)CCCC. The van der Waals surface area contributed by atoms with E-state index in [1.165, 1.54) is 0 Å². The van der Waals surface area contributed by atoms with Crippen LogP contribution >= 0.6 is 0 Å². The van der Waals surface area contributed by atoms with E-state index in [2.05, 4.69) is 41.5 Å². The highest BCUT2D eigenvalue weighted by molar-refractivity contribution is 5.75. The van der Waals surface area contributed by atoms with E-state index >= 15 is 0 Å². The first-order valence-electron chi connectivity index (χ1n) is 16.3. The average Bonchev–Trinajstić information content (AvgIpc) is 2.94. The van der Waals surface area contributed by atoms with Crippen LogP contribution < -0.4 is 0 Å². The van der Waals surface area contributed by atoms with Gasteiger partial charge in [-0.1, -0.05) is 99.3 Å². The molecule has 0 N–H and O–H groups in total. The standard InChI is InChI=1S/C33H62O6/c1-7-13-17-27(10-4)24-37-31(34)21-16-20-30(33(36)39-26-29(12-6)19-15-9-3)22-23-32(35)38-25-28(11-5)18-14-8-2/h27-30H,7-26H2,1-6H3. The van der Waals surface area contributed by atoms with Crippen LogP contribution in [0.5, 0.6) is 0 Å². The molecule has 39 heavy (non-hydrogen) atoms. The van der Waals surface area contributed by atoms with E-state index in [1.54, 1.807) is 0 Å². The van der Waals surface area contributed by atoms with Gasteiger partial charge in [-0.15, -0.1) is 0 Å². The Morgan fingerprint density at radius 3 is 1.31 bits per heavy atom. The molecule has 230 valence electrons. The Hall–Kier alpha value is -1.59. The van der Waals surface area contributed by atoms with Crippen LogP contribution in [0.15, 0.2) is 0 Å². The van der Waals surface area contributed by atoms with Gasteiger partial charge in [-0.05, 0) is 56.3 Å². The van der Waals surface area contributed by atoms with Crippen molar-refractivity contribution in [1.29, 1.82) is 0 Å². The van der Waals surface area contributed by atoms with Crippen LogP contribution in [0.4, 0.5) is 0 Å². The second-order valence-corrected chi connectivity index (χ2v) is 11.4. The summed E-state index contributed by atoms with van der Waals surface area (Å²) in [6.45, 7) is 14.2. The maximum absolute atomic E-state index is 13.0. The van der Waals surface area contributed by atoms with E-state index in [0.717, 1.165) is 77.0 Å². The zero-order chi connectivity index (χ0) is 29.3. The largest absolute Gasteiger partial charge is 0.465 e. The molecule has 4 unspecified atom stereocenters. The molecule has 0 aromatic heterocycles. The van der Waals surface area contributed by atoms with Crippen molar-refractivity contribution in [2.75, 3.05) is 19.8 Å². The third-order valence-electron chi connectivity index (χ3n) is 8.01. The molecule has 0 bridgehead atoms. The van der Waals surface area contributed by atoms with Gasteiger partial charge in [-0.25, -0.2) is 0 Å². The lowest BCUT2D eigenvalue weighted by atomic mass is 9.96. The first-order chi connectivity index (χ1) is 18.8. The topological polar surface area (TPSA) is 78.9 Å². The van der Waals surface area contributed by atoms with Crippen molar-refractivity contribution < 1.29 is 28.6 Å². The minimum absolute atomic E-state index is 0.192. The van der Waals surface area contributed by atoms with Crippen molar-refractivity contribution >= 4 is 17.9 Å². The molecule has 0 radical (unpaired) electrons. The lowest BCUT2D eigenvalue weighted by Gasteiger charge is -2.20. The fourth-order valence-corrected chi connectivity index (χ4v) is 4.74. The minimum Gasteiger partial charge on any atom is -0.465 e. The molecule has 0 amide bonds. The van der Waals surface area contributed by atoms with Gasteiger partial charge in [0.2, 0.25) is 0 Å². The number of unbranched alkanes of at least 4 members (excludes halogenated alkanes) is 3. The molecule has 0 aliphatic heterocycles. The molecule has 0 spiro atoms. The molecule has 0 rings (SSSR count). The summed E-state index contributed by atoms with van der Waals surface area (Å²) in [5.74, 6) is 0.0344. The molecular weight excluding hydrogens is 492 g/mol. The van der Waals surface area contributed by atoms with Gasteiger partial charge in [-0.3, -0.25) is 14.4 Å². The van der Waals surface area contributed by atoms with Crippen LogP contribution in [-0.2, 0) is 28.6 Å². The third-order valence-corrected chi connectivity index (χ3v) is 8.01. The zero-order valence-corrected chi connectivity index (χ0v) is 26.4. The highest BCUT2D eigenvalue weighted by Gasteiger charge is 2.23. The Morgan fingerprint density at radius 1 is 0.487 bits per heavy atom. The van der Waals surface area contributed by atoms with Crippen molar-refractivity contribution in [1.82, 2.24) is 0 Å². The number of esters is 3. The number of carbonyl (C=O) groups excluding carboxylic acids is 3. The highest BCUT2D eigenvalue weighted by Crippen LogP contribution is 2.21. The van der Waals surface area contributed by atoms with Gasteiger partial charge in [0, 0.05) is 12.8 Å². The summed E-state index contributed by atoms with van der Waals surface area (Å²) in [6, 6.07) is 0. The predicted octanol–water partition coefficient (Wildman–Crippen LogP) is 8.83.